The lowest BCUT2D eigenvalue weighted by Gasteiger charge is -2.13. The van der Waals surface area contributed by atoms with Gasteiger partial charge < -0.3 is 9.84 Å². The van der Waals surface area contributed by atoms with Gasteiger partial charge in [0.05, 0.1) is 12.7 Å². The molecule has 1 aromatic carbocycles. The number of carbonyl (C=O) groups is 1. The number of rotatable bonds is 6. The molecule has 0 aliphatic rings. The Balaban J connectivity index is 2.34. The van der Waals surface area contributed by atoms with Crippen molar-refractivity contribution in [3.63, 3.8) is 0 Å². The number of aliphatic hydroxyl groups excluding tert-OH is 1. The summed E-state index contributed by atoms with van der Waals surface area (Å²) in [6, 6.07) is 6.89. The highest BCUT2D eigenvalue weighted by Gasteiger charge is 2.10. The van der Waals surface area contributed by atoms with Gasteiger partial charge in [0.2, 0.25) is 0 Å². The molecule has 16 heavy (non-hydrogen) atoms. The molecule has 0 heterocycles. The van der Waals surface area contributed by atoms with Gasteiger partial charge in [0, 0.05) is 16.8 Å². The van der Waals surface area contributed by atoms with Gasteiger partial charge in [-0.15, -0.1) is 0 Å². The minimum absolute atomic E-state index is 0.0635. The first-order chi connectivity index (χ1) is 7.63. The maximum absolute atomic E-state index is 10.4. The molecule has 0 amide bonds. The zero-order chi connectivity index (χ0) is 12.0. The van der Waals surface area contributed by atoms with Crippen LogP contribution in [0.15, 0.2) is 24.3 Å². The molecule has 1 N–H and O–H groups in total. The average molecular weight is 287 g/mol. The third-order valence-electron chi connectivity index (χ3n) is 2.23. The van der Waals surface area contributed by atoms with Gasteiger partial charge in [-0.05, 0) is 24.3 Å². The van der Waals surface area contributed by atoms with Crippen molar-refractivity contribution in [1.29, 1.82) is 0 Å². The van der Waals surface area contributed by atoms with Crippen LogP contribution >= 0.6 is 15.9 Å². The fraction of sp³-hybridized carbons (Fsp3) is 0.417. The number of halogens is 1. The van der Waals surface area contributed by atoms with Crippen molar-refractivity contribution in [2.24, 2.45) is 0 Å². The second-order valence-corrected chi connectivity index (χ2v) is 5.01. The van der Waals surface area contributed by atoms with Crippen molar-refractivity contribution in [3.05, 3.63) is 29.8 Å². The molecule has 4 heteroatoms. The molecule has 0 aliphatic carbocycles. The highest BCUT2D eigenvalue weighted by atomic mass is 79.9. The molecule has 1 aromatic rings. The highest BCUT2D eigenvalue weighted by Crippen LogP contribution is 2.13. The quantitative estimate of drug-likeness (QED) is 0.645. The number of ether oxygens (including phenoxy) is 1. The fourth-order valence-electron chi connectivity index (χ4n) is 1.17. The van der Waals surface area contributed by atoms with E-state index in [-0.39, 0.29) is 4.83 Å². The van der Waals surface area contributed by atoms with Gasteiger partial charge in [-0.3, -0.25) is 4.79 Å². The fourth-order valence-corrected chi connectivity index (χ4v) is 1.43. The molecular formula is C12H15BrO3. The Morgan fingerprint density at radius 3 is 2.56 bits per heavy atom. The van der Waals surface area contributed by atoms with Crippen LogP contribution in [0.3, 0.4) is 0 Å². The molecule has 2 atom stereocenters. The molecule has 0 aliphatic heterocycles. The van der Waals surface area contributed by atoms with Crippen molar-refractivity contribution < 1.29 is 14.6 Å². The number of alkyl halides is 1. The lowest BCUT2D eigenvalue weighted by atomic mass is 10.2. The molecule has 88 valence electrons. The zero-order valence-corrected chi connectivity index (χ0v) is 10.7. The predicted molar refractivity (Wildman–Crippen MR) is 66.3 cm³/mol. The Kier molecular flexibility index (Phi) is 5.49. The SMILES string of the molecule is CC(Br)C(O)CCOc1ccc(C=O)cc1. The molecule has 0 bridgehead atoms. The number of hydrogen-bond donors (Lipinski definition) is 1. The number of hydrogen-bond acceptors (Lipinski definition) is 3. The molecule has 0 radical (unpaired) electrons. The standard InChI is InChI=1S/C12H15BrO3/c1-9(13)12(15)6-7-16-11-4-2-10(8-14)3-5-11/h2-5,8-9,12,15H,6-7H2,1H3. The van der Waals surface area contributed by atoms with Crippen molar-refractivity contribution in [2.75, 3.05) is 6.61 Å². The minimum Gasteiger partial charge on any atom is -0.493 e. The normalized spacial score (nSPS) is 14.2. The smallest absolute Gasteiger partial charge is 0.150 e. The van der Waals surface area contributed by atoms with Crippen LogP contribution in [0.2, 0.25) is 0 Å². The Hall–Kier alpha value is -0.870. The first kappa shape index (κ1) is 13.2. The molecule has 3 nitrogen and oxygen atoms in total. The average Bonchev–Trinajstić information content (AvgIpc) is 2.29. The summed E-state index contributed by atoms with van der Waals surface area (Å²) in [4.78, 5) is 10.5. The van der Waals surface area contributed by atoms with E-state index in [2.05, 4.69) is 15.9 Å². The van der Waals surface area contributed by atoms with Gasteiger partial charge in [-0.1, -0.05) is 22.9 Å². The van der Waals surface area contributed by atoms with E-state index in [9.17, 15) is 9.90 Å². The molecule has 0 saturated heterocycles. The summed E-state index contributed by atoms with van der Waals surface area (Å²) in [5, 5.41) is 9.51. The summed E-state index contributed by atoms with van der Waals surface area (Å²) in [7, 11) is 0. The summed E-state index contributed by atoms with van der Waals surface area (Å²) in [6.07, 6.45) is 0.955. The number of benzene rings is 1. The van der Waals surface area contributed by atoms with E-state index in [4.69, 9.17) is 4.74 Å². The summed E-state index contributed by atoms with van der Waals surface area (Å²) >= 11 is 3.30. The van der Waals surface area contributed by atoms with Crippen LogP contribution in [-0.2, 0) is 0 Å². The lowest BCUT2D eigenvalue weighted by molar-refractivity contribution is 0.112. The molecular weight excluding hydrogens is 272 g/mol. The Bertz CT molecular complexity index is 322. The van der Waals surface area contributed by atoms with Crippen LogP contribution in [0.1, 0.15) is 23.7 Å². The third-order valence-corrected chi connectivity index (χ3v) is 2.84. The zero-order valence-electron chi connectivity index (χ0n) is 9.10. The summed E-state index contributed by atoms with van der Waals surface area (Å²) in [5.74, 6) is 0.708. The van der Waals surface area contributed by atoms with E-state index in [1.807, 2.05) is 6.92 Å². The number of carbonyl (C=O) groups excluding carboxylic acids is 1. The van der Waals surface area contributed by atoms with Crippen molar-refractivity contribution >= 4 is 22.2 Å². The van der Waals surface area contributed by atoms with Gasteiger partial charge in [-0.2, -0.15) is 0 Å². The first-order valence-corrected chi connectivity index (χ1v) is 6.05. The van der Waals surface area contributed by atoms with Crippen molar-refractivity contribution in [1.82, 2.24) is 0 Å². The van der Waals surface area contributed by atoms with Crippen LogP contribution in [-0.4, -0.2) is 28.9 Å². The maximum atomic E-state index is 10.4. The molecule has 0 spiro atoms. The second kappa shape index (κ2) is 6.66. The van der Waals surface area contributed by atoms with Crippen LogP contribution in [0.25, 0.3) is 0 Å². The van der Waals surface area contributed by atoms with E-state index in [1.54, 1.807) is 24.3 Å². The van der Waals surface area contributed by atoms with Crippen LogP contribution < -0.4 is 4.74 Å². The van der Waals surface area contributed by atoms with Gasteiger partial charge in [0.25, 0.3) is 0 Å². The van der Waals surface area contributed by atoms with Gasteiger partial charge in [0.15, 0.2) is 0 Å². The molecule has 0 saturated carbocycles. The Labute approximate surface area is 104 Å². The topological polar surface area (TPSA) is 46.5 Å². The van der Waals surface area contributed by atoms with E-state index < -0.39 is 6.10 Å². The predicted octanol–water partition coefficient (Wildman–Crippen LogP) is 2.41. The van der Waals surface area contributed by atoms with Gasteiger partial charge in [-0.25, -0.2) is 0 Å². The minimum atomic E-state index is -0.408. The highest BCUT2D eigenvalue weighted by molar-refractivity contribution is 9.09. The summed E-state index contributed by atoms with van der Waals surface area (Å²) in [6.45, 7) is 2.35. The molecule has 2 unspecified atom stereocenters. The first-order valence-electron chi connectivity index (χ1n) is 5.13. The van der Waals surface area contributed by atoms with Gasteiger partial charge in [0.1, 0.15) is 12.0 Å². The molecule has 1 rings (SSSR count). The maximum Gasteiger partial charge on any atom is 0.150 e. The molecule has 0 fully saturated rings. The van der Waals surface area contributed by atoms with Crippen LogP contribution in [0.4, 0.5) is 0 Å². The number of aldehydes is 1. The Morgan fingerprint density at radius 2 is 2.06 bits per heavy atom. The van der Waals surface area contributed by atoms with Crippen molar-refractivity contribution in [2.45, 2.75) is 24.3 Å². The molecule has 0 aromatic heterocycles. The van der Waals surface area contributed by atoms with E-state index >= 15 is 0 Å². The van der Waals surface area contributed by atoms with Crippen LogP contribution in [0, 0.1) is 0 Å². The second-order valence-electron chi connectivity index (χ2n) is 3.57. The number of aliphatic hydroxyl groups is 1. The van der Waals surface area contributed by atoms with E-state index in [0.717, 1.165) is 6.29 Å². The van der Waals surface area contributed by atoms with Gasteiger partial charge >= 0.3 is 0 Å². The van der Waals surface area contributed by atoms with Crippen LogP contribution in [0.5, 0.6) is 5.75 Å². The lowest BCUT2D eigenvalue weighted by Crippen LogP contribution is -2.20. The monoisotopic (exact) mass is 286 g/mol. The Morgan fingerprint density at radius 1 is 1.44 bits per heavy atom. The van der Waals surface area contributed by atoms with Crippen molar-refractivity contribution in [3.8, 4) is 5.75 Å². The largest absolute Gasteiger partial charge is 0.493 e. The van der Waals surface area contributed by atoms with E-state index in [0.29, 0.717) is 24.3 Å². The summed E-state index contributed by atoms with van der Waals surface area (Å²) in [5.41, 5.74) is 0.626. The van der Waals surface area contributed by atoms with E-state index in [1.165, 1.54) is 0 Å². The summed E-state index contributed by atoms with van der Waals surface area (Å²) < 4.78 is 5.43. The third kappa shape index (κ3) is 4.33.